The van der Waals surface area contributed by atoms with Crippen LogP contribution in [-0.4, -0.2) is 23.6 Å². The van der Waals surface area contributed by atoms with E-state index in [-0.39, 0.29) is 18.0 Å². The Balaban J connectivity index is 3.57. The lowest BCUT2D eigenvalue weighted by molar-refractivity contribution is -0.150. The van der Waals surface area contributed by atoms with Crippen LogP contribution in [0.3, 0.4) is 0 Å². The van der Waals surface area contributed by atoms with Crippen LogP contribution in [0.2, 0.25) is 0 Å². The summed E-state index contributed by atoms with van der Waals surface area (Å²) in [6.07, 6.45) is 1.17. The van der Waals surface area contributed by atoms with Crippen LogP contribution in [0.15, 0.2) is 0 Å². The van der Waals surface area contributed by atoms with E-state index in [0.717, 1.165) is 17.9 Å². The molecule has 3 heteroatoms. The molecule has 78 valence electrons. The molecule has 2 nitrogen and oxygen atoms in total. The Morgan fingerprint density at radius 1 is 1.38 bits per heavy atom. The summed E-state index contributed by atoms with van der Waals surface area (Å²) in [5, 5.41) is 0. The maximum atomic E-state index is 11.3. The fourth-order valence-corrected chi connectivity index (χ4v) is 1.77. The van der Waals surface area contributed by atoms with Crippen molar-refractivity contribution >= 4 is 17.7 Å². The molecule has 0 spiro atoms. The van der Waals surface area contributed by atoms with Gasteiger partial charge < -0.3 is 4.74 Å². The van der Waals surface area contributed by atoms with Crippen molar-refractivity contribution in [2.45, 2.75) is 40.2 Å². The molecule has 1 atom stereocenters. The van der Waals surface area contributed by atoms with E-state index >= 15 is 0 Å². The van der Waals surface area contributed by atoms with Crippen LogP contribution in [0.4, 0.5) is 0 Å². The first kappa shape index (κ1) is 12.8. The van der Waals surface area contributed by atoms with E-state index in [2.05, 4.69) is 6.92 Å². The molecule has 0 aliphatic rings. The molecule has 0 saturated heterocycles. The molecule has 0 saturated carbocycles. The monoisotopic (exact) mass is 204 g/mol. The quantitative estimate of drug-likeness (QED) is 0.491. The molecule has 13 heavy (non-hydrogen) atoms. The lowest BCUT2D eigenvalue weighted by Crippen LogP contribution is -2.20. The van der Waals surface area contributed by atoms with Gasteiger partial charge in [0.25, 0.3) is 0 Å². The maximum Gasteiger partial charge on any atom is 0.309 e. The summed E-state index contributed by atoms with van der Waals surface area (Å²) in [7, 11) is 0. The van der Waals surface area contributed by atoms with Crippen molar-refractivity contribution in [1.29, 1.82) is 0 Å². The first-order valence-electron chi connectivity index (χ1n) is 4.86. The van der Waals surface area contributed by atoms with Crippen LogP contribution >= 0.6 is 11.8 Å². The Morgan fingerprint density at radius 3 is 2.46 bits per heavy atom. The topological polar surface area (TPSA) is 26.3 Å². The van der Waals surface area contributed by atoms with Gasteiger partial charge in [-0.1, -0.05) is 13.8 Å². The maximum absolute atomic E-state index is 11.3. The molecule has 0 bridgehead atoms. The van der Waals surface area contributed by atoms with Crippen molar-refractivity contribution < 1.29 is 9.53 Å². The van der Waals surface area contributed by atoms with E-state index in [4.69, 9.17) is 4.74 Å². The zero-order valence-electron chi connectivity index (χ0n) is 9.00. The average molecular weight is 204 g/mol. The lowest BCUT2D eigenvalue weighted by Gasteiger charge is -2.13. The van der Waals surface area contributed by atoms with Crippen molar-refractivity contribution in [3.63, 3.8) is 0 Å². The number of carbonyl (C=O) groups is 1. The Bertz CT molecular complexity index is 146. The van der Waals surface area contributed by atoms with Gasteiger partial charge in [-0.3, -0.25) is 4.79 Å². The molecule has 0 radical (unpaired) electrons. The van der Waals surface area contributed by atoms with Crippen LogP contribution in [0, 0.1) is 5.92 Å². The van der Waals surface area contributed by atoms with E-state index in [1.165, 1.54) is 0 Å². The minimum Gasteiger partial charge on any atom is -0.463 e. The Labute approximate surface area is 85.4 Å². The molecule has 0 N–H and O–H groups in total. The third kappa shape index (κ3) is 6.94. The molecule has 0 aliphatic heterocycles. The molecular weight excluding hydrogens is 184 g/mol. The third-order valence-electron chi connectivity index (χ3n) is 1.47. The predicted octanol–water partition coefficient (Wildman–Crippen LogP) is 2.72. The number of hydrogen-bond acceptors (Lipinski definition) is 3. The molecule has 0 aliphatic carbocycles. The molecule has 0 aromatic rings. The summed E-state index contributed by atoms with van der Waals surface area (Å²) in [6.45, 7) is 7.82. The molecule has 0 unspecified atom stereocenters. The van der Waals surface area contributed by atoms with E-state index in [1.807, 2.05) is 32.5 Å². The number of rotatable bonds is 6. The van der Waals surface area contributed by atoms with E-state index in [1.54, 1.807) is 0 Å². The van der Waals surface area contributed by atoms with Crippen molar-refractivity contribution in [2.24, 2.45) is 5.92 Å². The largest absolute Gasteiger partial charge is 0.463 e. The summed E-state index contributed by atoms with van der Waals surface area (Å²) < 4.78 is 5.09. The molecule has 0 aromatic heterocycles. The Morgan fingerprint density at radius 2 is 2.00 bits per heavy atom. The van der Waals surface area contributed by atoms with Crippen molar-refractivity contribution in [3.05, 3.63) is 0 Å². The standard InChI is InChI=1S/C10H20O2S/c1-5-6-13-7-9(4)10(11)12-8(2)3/h8-9H,5-7H2,1-4H3/t9-/m0/s1. The summed E-state index contributed by atoms with van der Waals surface area (Å²) >= 11 is 1.82. The first-order valence-corrected chi connectivity index (χ1v) is 6.01. The summed E-state index contributed by atoms with van der Waals surface area (Å²) in [4.78, 5) is 11.3. The number of hydrogen-bond donors (Lipinski definition) is 0. The van der Waals surface area contributed by atoms with Crippen LogP contribution in [0.1, 0.15) is 34.1 Å². The highest BCUT2D eigenvalue weighted by atomic mass is 32.2. The second-order valence-electron chi connectivity index (χ2n) is 3.46. The van der Waals surface area contributed by atoms with Crippen molar-refractivity contribution in [3.8, 4) is 0 Å². The van der Waals surface area contributed by atoms with Gasteiger partial charge >= 0.3 is 5.97 Å². The zero-order valence-corrected chi connectivity index (χ0v) is 9.82. The molecular formula is C10H20O2S. The second-order valence-corrected chi connectivity index (χ2v) is 4.61. The third-order valence-corrected chi connectivity index (χ3v) is 2.90. The number of carbonyl (C=O) groups excluding carboxylic acids is 1. The van der Waals surface area contributed by atoms with E-state index < -0.39 is 0 Å². The van der Waals surface area contributed by atoms with Crippen LogP contribution in [-0.2, 0) is 9.53 Å². The number of esters is 1. The van der Waals surface area contributed by atoms with Crippen molar-refractivity contribution in [1.82, 2.24) is 0 Å². The summed E-state index contributed by atoms with van der Waals surface area (Å²) in [6, 6.07) is 0. The molecule has 0 fully saturated rings. The molecule has 0 rings (SSSR count). The highest BCUT2D eigenvalue weighted by Crippen LogP contribution is 2.11. The smallest absolute Gasteiger partial charge is 0.309 e. The van der Waals surface area contributed by atoms with Gasteiger partial charge in [-0.2, -0.15) is 11.8 Å². The van der Waals surface area contributed by atoms with E-state index in [9.17, 15) is 4.79 Å². The predicted molar refractivity (Wildman–Crippen MR) is 58.0 cm³/mol. The SMILES string of the molecule is CCCSC[C@H](C)C(=O)OC(C)C. The van der Waals surface area contributed by atoms with Gasteiger partial charge in [0.2, 0.25) is 0 Å². The van der Waals surface area contributed by atoms with Crippen molar-refractivity contribution in [2.75, 3.05) is 11.5 Å². The highest BCUT2D eigenvalue weighted by Gasteiger charge is 2.15. The van der Waals surface area contributed by atoms with E-state index in [0.29, 0.717) is 0 Å². The normalized spacial score (nSPS) is 13.0. The van der Waals surface area contributed by atoms with Gasteiger partial charge in [0, 0.05) is 5.75 Å². The fraction of sp³-hybridized carbons (Fsp3) is 0.900. The minimum atomic E-state index is -0.0707. The average Bonchev–Trinajstić information content (AvgIpc) is 2.03. The number of ether oxygens (including phenoxy) is 1. The first-order chi connectivity index (χ1) is 6.07. The summed E-state index contributed by atoms with van der Waals surface area (Å²) in [5.74, 6) is 1.95. The summed E-state index contributed by atoms with van der Waals surface area (Å²) in [5.41, 5.74) is 0. The second kappa shape index (κ2) is 7.25. The molecule has 0 aromatic carbocycles. The van der Waals surface area contributed by atoms with Gasteiger partial charge in [0.15, 0.2) is 0 Å². The minimum absolute atomic E-state index is 0.00567. The van der Waals surface area contributed by atoms with Gasteiger partial charge in [0.1, 0.15) is 0 Å². The van der Waals surface area contributed by atoms with Gasteiger partial charge in [0.05, 0.1) is 12.0 Å². The van der Waals surface area contributed by atoms with Gasteiger partial charge in [-0.15, -0.1) is 0 Å². The molecule has 0 heterocycles. The van der Waals surface area contributed by atoms with Crippen LogP contribution < -0.4 is 0 Å². The zero-order chi connectivity index (χ0) is 10.3. The number of thioether (sulfide) groups is 1. The van der Waals surface area contributed by atoms with Crippen LogP contribution in [0.25, 0.3) is 0 Å². The Hall–Kier alpha value is -0.180. The van der Waals surface area contributed by atoms with Crippen LogP contribution in [0.5, 0.6) is 0 Å². The van der Waals surface area contributed by atoms with Gasteiger partial charge in [-0.05, 0) is 26.0 Å². The fourth-order valence-electron chi connectivity index (χ4n) is 0.821. The highest BCUT2D eigenvalue weighted by molar-refractivity contribution is 7.99. The Kier molecular flexibility index (Phi) is 7.14. The van der Waals surface area contributed by atoms with Gasteiger partial charge in [-0.25, -0.2) is 0 Å². The molecule has 0 amide bonds. The lowest BCUT2D eigenvalue weighted by atomic mass is 10.2.